The van der Waals surface area contributed by atoms with Gasteiger partial charge in [0.05, 0.1) is 30.1 Å². The molecule has 5 heterocycles. The van der Waals surface area contributed by atoms with Crippen molar-refractivity contribution in [3.8, 4) is 0 Å². The molecule has 4 saturated heterocycles. The maximum absolute atomic E-state index is 5.94. The zero-order valence-electron chi connectivity index (χ0n) is 15.2. The molecule has 2 N–H and O–H groups in total. The molecular weight excluding hydrogens is 316 g/mol. The van der Waals surface area contributed by atoms with E-state index in [0.29, 0.717) is 11.9 Å². The Morgan fingerprint density at radius 3 is 2.12 bits per heavy atom. The number of hydrogen-bond donors (Lipinski definition) is 2. The van der Waals surface area contributed by atoms with Crippen LogP contribution in [0.1, 0.15) is 51.1 Å². The van der Waals surface area contributed by atoms with E-state index in [9.17, 15) is 0 Å². The monoisotopic (exact) mass is 344 g/mol. The molecule has 2 saturated carbocycles. The summed E-state index contributed by atoms with van der Waals surface area (Å²) >= 11 is 0. The van der Waals surface area contributed by atoms with Gasteiger partial charge in [-0.3, -0.25) is 0 Å². The van der Waals surface area contributed by atoms with E-state index in [4.69, 9.17) is 19.4 Å². The average Bonchev–Trinajstić information content (AvgIpc) is 3.29. The lowest BCUT2D eigenvalue weighted by Crippen LogP contribution is -2.43. The predicted molar refractivity (Wildman–Crippen MR) is 95.9 cm³/mol. The molecular formula is C19H28N4O2. The predicted octanol–water partition coefficient (Wildman–Crippen LogP) is 2.78. The summed E-state index contributed by atoms with van der Waals surface area (Å²) in [4.78, 5) is 9.39. The topological polar surface area (TPSA) is 68.3 Å². The Labute approximate surface area is 149 Å². The van der Waals surface area contributed by atoms with Crippen LogP contribution >= 0.6 is 0 Å². The van der Waals surface area contributed by atoms with Gasteiger partial charge in [-0.25, -0.2) is 4.98 Å². The molecule has 25 heavy (non-hydrogen) atoms. The van der Waals surface area contributed by atoms with Gasteiger partial charge in [-0.1, -0.05) is 13.8 Å². The second kappa shape index (κ2) is 5.55. The molecule has 136 valence electrons. The first kappa shape index (κ1) is 15.8. The maximum atomic E-state index is 5.94. The average molecular weight is 344 g/mol. The molecule has 4 aliphatic heterocycles. The first-order valence-electron chi connectivity index (χ1n) is 9.68. The van der Waals surface area contributed by atoms with Crippen LogP contribution in [0.25, 0.3) is 0 Å². The summed E-state index contributed by atoms with van der Waals surface area (Å²) in [6.45, 7) is 7.83. The van der Waals surface area contributed by atoms with E-state index >= 15 is 0 Å². The number of aromatic nitrogens is 2. The number of fused-ring (bicyclic) bond motifs is 2. The van der Waals surface area contributed by atoms with Crippen LogP contribution in [0.15, 0.2) is 6.07 Å². The van der Waals surface area contributed by atoms with E-state index in [0.717, 1.165) is 49.7 Å². The zero-order valence-corrected chi connectivity index (χ0v) is 15.2. The molecule has 0 aromatic carbocycles. The standard InChI is InChI=1S/C19H28N4O2/c1-12(2)15-3-16(20-10-18-4-13(5-18)8-24-18)23-17(22-15)21-11-19-6-14(7-19)9-25-19/h3,12-14H,4-11H2,1-2H3,(H2,20,21,22,23). The van der Waals surface area contributed by atoms with E-state index in [1.54, 1.807) is 0 Å². The number of nitrogens with zero attached hydrogens (tertiary/aromatic N) is 2. The Morgan fingerprint density at radius 2 is 1.60 bits per heavy atom. The van der Waals surface area contributed by atoms with Gasteiger partial charge in [-0.05, 0) is 43.4 Å². The molecule has 1 aromatic rings. The van der Waals surface area contributed by atoms with Crippen LogP contribution in [0.2, 0.25) is 0 Å². The highest BCUT2D eigenvalue weighted by Crippen LogP contribution is 2.49. The Bertz CT molecular complexity index is 604. The summed E-state index contributed by atoms with van der Waals surface area (Å²) < 4.78 is 11.9. The van der Waals surface area contributed by atoms with E-state index in [2.05, 4.69) is 30.5 Å². The molecule has 0 amide bonds. The summed E-state index contributed by atoms with van der Waals surface area (Å²) in [5, 5.41) is 6.93. The third-order valence-electron chi connectivity index (χ3n) is 6.39. The number of nitrogens with one attached hydrogen (secondary N) is 2. The van der Waals surface area contributed by atoms with Crippen molar-refractivity contribution >= 4 is 11.8 Å². The highest BCUT2D eigenvalue weighted by Gasteiger charge is 2.52. The number of rotatable bonds is 7. The van der Waals surface area contributed by atoms with Crippen LogP contribution in [-0.4, -0.2) is 47.5 Å². The number of hydrogen-bond acceptors (Lipinski definition) is 6. The molecule has 0 unspecified atom stereocenters. The van der Waals surface area contributed by atoms with Gasteiger partial charge in [0.15, 0.2) is 0 Å². The van der Waals surface area contributed by atoms with Crippen LogP contribution in [0, 0.1) is 11.8 Å². The van der Waals surface area contributed by atoms with Gasteiger partial charge in [0, 0.05) is 19.2 Å². The summed E-state index contributed by atoms with van der Waals surface area (Å²) in [6.07, 6.45) is 4.73. The van der Waals surface area contributed by atoms with Crippen LogP contribution in [-0.2, 0) is 9.47 Å². The Kier molecular flexibility index (Phi) is 3.51. The minimum absolute atomic E-state index is 0.0348. The lowest BCUT2D eigenvalue weighted by atomic mass is 9.74. The normalized spacial score (nSPS) is 37.7. The van der Waals surface area contributed by atoms with E-state index in [1.165, 1.54) is 25.7 Å². The third-order valence-corrected chi connectivity index (χ3v) is 6.39. The van der Waals surface area contributed by atoms with Gasteiger partial charge in [0.25, 0.3) is 0 Å². The fraction of sp³-hybridized carbons (Fsp3) is 0.789. The van der Waals surface area contributed by atoms with E-state index in [-0.39, 0.29) is 11.2 Å². The largest absolute Gasteiger partial charge is 0.373 e. The second-order valence-corrected chi connectivity index (χ2v) is 8.90. The molecule has 6 nitrogen and oxygen atoms in total. The van der Waals surface area contributed by atoms with Gasteiger partial charge in [-0.15, -0.1) is 0 Å². The van der Waals surface area contributed by atoms with Gasteiger partial charge < -0.3 is 20.1 Å². The van der Waals surface area contributed by atoms with Crippen molar-refractivity contribution in [1.29, 1.82) is 0 Å². The van der Waals surface area contributed by atoms with Crippen LogP contribution in [0.3, 0.4) is 0 Å². The van der Waals surface area contributed by atoms with Gasteiger partial charge in [0.2, 0.25) is 5.95 Å². The summed E-state index contributed by atoms with van der Waals surface area (Å²) in [6, 6.07) is 2.07. The summed E-state index contributed by atoms with van der Waals surface area (Å²) in [7, 11) is 0. The maximum Gasteiger partial charge on any atom is 0.224 e. The van der Waals surface area contributed by atoms with Crippen molar-refractivity contribution in [3.63, 3.8) is 0 Å². The fourth-order valence-electron chi connectivity index (χ4n) is 4.86. The molecule has 0 radical (unpaired) electrons. The summed E-state index contributed by atoms with van der Waals surface area (Å²) in [5.74, 6) is 3.53. The lowest BCUT2D eigenvalue weighted by Gasteiger charge is -2.36. The van der Waals surface area contributed by atoms with Crippen molar-refractivity contribution < 1.29 is 9.47 Å². The molecule has 0 atom stereocenters. The summed E-state index contributed by atoms with van der Waals surface area (Å²) in [5.41, 5.74) is 1.15. The molecule has 7 rings (SSSR count). The number of ether oxygens (including phenoxy) is 2. The smallest absolute Gasteiger partial charge is 0.224 e. The lowest BCUT2D eigenvalue weighted by molar-refractivity contribution is 0.0143. The Balaban J connectivity index is 1.27. The van der Waals surface area contributed by atoms with Crippen LogP contribution in [0.5, 0.6) is 0 Å². The molecule has 6 aliphatic rings. The molecule has 6 heteroatoms. The minimum Gasteiger partial charge on any atom is -0.373 e. The quantitative estimate of drug-likeness (QED) is 0.793. The van der Waals surface area contributed by atoms with Crippen LogP contribution in [0.4, 0.5) is 11.8 Å². The first-order chi connectivity index (χ1) is 12.0. The Hall–Kier alpha value is -1.40. The van der Waals surface area contributed by atoms with Crippen molar-refractivity contribution in [2.24, 2.45) is 11.8 Å². The van der Waals surface area contributed by atoms with Crippen molar-refractivity contribution in [3.05, 3.63) is 11.8 Å². The Morgan fingerprint density at radius 1 is 1.00 bits per heavy atom. The first-order valence-corrected chi connectivity index (χ1v) is 9.68. The highest BCUT2D eigenvalue weighted by atomic mass is 16.5. The highest BCUT2D eigenvalue weighted by molar-refractivity contribution is 5.44. The molecule has 6 fully saturated rings. The van der Waals surface area contributed by atoms with Gasteiger partial charge in [-0.2, -0.15) is 4.98 Å². The SMILES string of the molecule is CC(C)c1cc(NCC23CC(CO2)C3)nc(NCC23CC(CO2)C3)n1. The van der Waals surface area contributed by atoms with Gasteiger partial charge >= 0.3 is 0 Å². The minimum atomic E-state index is 0.0348. The zero-order chi connectivity index (χ0) is 17.1. The molecule has 2 aliphatic carbocycles. The van der Waals surface area contributed by atoms with Crippen LogP contribution < -0.4 is 10.6 Å². The molecule has 1 aromatic heterocycles. The third kappa shape index (κ3) is 2.79. The number of anilines is 2. The van der Waals surface area contributed by atoms with E-state index < -0.39 is 0 Å². The van der Waals surface area contributed by atoms with Gasteiger partial charge in [0.1, 0.15) is 5.82 Å². The second-order valence-electron chi connectivity index (χ2n) is 8.90. The molecule has 4 bridgehead atoms. The van der Waals surface area contributed by atoms with E-state index in [1.807, 2.05) is 0 Å². The van der Waals surface area contributed by atoms with Crippen molar-refractivity contribution in [2.75, 3.05) is 36.9 Å². The van der Waals surface area contributed by atoms with Crippen molar-refractivity contribution in [1.82, 2.24) is 9.97 Å². The van der Waals surface area contributed by atoms with Crippen molar-refractivity contribution in [2.45, 2.75) is 56.7 Å². The molecule has 0 spiro atoms. The fourth-order valence-corrected chi connectivity index (χ4v) is 4.86.